The number of carbonyl (C=O) groups is 2. The number of methoxy groups -OCH3 is 1. The number of hydrogen-bond donors (Lipinski definition) is 1. The van der Waals surface area contributed by atoms with Gasteiger partial charge in [0.15, 0.2) is 0 Å². The van der Waals surface area contributed by atoms with Crippen molar-refractivity contribution in [2.45, 2.75) is 4.90 Å². The van der Waals surface area contributed by atoms with Crippen molar-refractivity contribution in [1.29, 1.82) is 5.26 Å². The number of rotatable bonds is 7. The van der Waals surface area contributed by atoms with E-state index in [2.05, 4.69) is 26.0 Å². The van der Waals surface area contributed by atoms with Gasteiger partial charge in [0, 0.05) is 15.7 Å². The molecule has 0 atom stereocenters. The van der Waals surface area contributed by atoms with Gasteiger partial charge in [0.05, 0.1) is 12.7 Å². The largest absolute Gasteiger partial charge is 0.465 e. The molecule has 172 valence electrons. The molecular weight excluding hydrogens is 524 g/mol. The van der Waals surface area contributed by atoms with Crippen LogP contribution in [0, 0.1) is 11.3 Å². The molecule has 0 bridgehead atoms. The highest BCUT2D eigenvalue weighted by Crippen LogP contribution is 2.28. The van der Waals surface area contributed by atoms with Gasteiger partial charge in [-0.3, -0.25) is 4.79 Å². The summed E-state index contributed by atoms with van der Waals surface area (Å²) in [5.41, 5.74) is 0.544. The third-order valence-electron chi connectivity index (χ3n) is 4.43. The number of hydrogen-bond acceptors (Lipinski definition) is 7. The van der Waals surface area contributed by atoms with Gasteiger partial charge in [-0.05, 0) is 60.7 Å². The van der Waals surface area contributed by atoms with Crippen molar-refractivity contribution < 1.29 is 26.9 Å². The summed E-state index contributed by atoms with van der Waals surface area (Å²) in [4.78, 5) is 24.2. The lowest BCUT2D eigenvalue weighted by Gasteiger charge is -2.11. The Kier molecular flexibility index (Phi) is 7.83. The summed E-state index contributed by atoms with van der Waals surface area (Å²) in [7, 11) is -2.88. The van der Waals surface area contributed by atoms with Crippen LogP contribution >= 0.6 is 15.9 Å². The second-order valence-corrected chi connectivity index (χ2v) is 9.19. The second-order valence-electron chi connectivity index (χ2n) is 6.73. The summed E-state index contributed by atoms with van der Waals surface area (Å²) < 4.78 is 35.8. The Hall–Kier alpha value is -3.94. The molecule has 0 fully saturated rings. The zero-order valence-electron chi connectivity index (χ0n) is 17.7. The van der Waals surface area contributed by atoms with Gasteiger partial charge in [-0.15, -0.1) is 0 Å². The van der Waals surface area contributed by atoms with E-state index in [0.29, 0.717) is 15.7 Å². The fraction of sp³-hybridized carbons (Fsp3) is 0.0417. The van der Waals surface area contributed by atoms with Crippen molar-refractivity contribution in [3.05, 3.63) is 94.0 Å². The standard InChI is InChI=1S/C24H17BrN2O6S/c1-32-24(29)16-7-10-20(11-8-16)27-23(28)18(15-26)13-17-14-19(25)9-12-22(17)33-34(30,31)21-5-3-2-4-6-21/h2-14H,1H3,(H,27,28)/b18-13+. The van der Waals surface area contributed by atoms with Crippen molar-refractivity contribution in [3.8, 4) is 11.8 Å². The molecule has 10 heteroatoms. The third kappa shape index (κ3) is 6.10. The van der Waals surface area contributed by atoms with Gasteiger partial charge >= 0.3 is 16.1 Å². The van der Waals surface area contributed by atoms with Crippen molar-refractivity contribution in [3.63, 3.8) is 0 Å². The van der Waals surface area contributed by atoms with Gasteiger partial charge in [0.25, 0.3) is 5.91 Å². The molecule has 0 aromatic heterocycles. The first-order chi connectivity index (χ1) is 16.2. The normalized spacial score (nSPS) is 11.3. The molecule has 0 aliphatic rings. The van der Waals surface area contributed by atoms with E-state index in [9.17, 15) is 23.3 Å². The molecule has 34 heavy (non-hydrogen) atoms. The maximum Gasteiger partial charge on any atom is 0.339 e. The molecule has 0 aliphatic heterocycles. The highest BCUT2D eigenvalue weighted by Gasteiger charge is 2.19. The lowest BCUT2D eigenvalue weighted by molar-refractivity contribution is -0.112. The van der Waals surface area contributed by atoms with Gasteiger partial charge in [-0.2, -0.15) is 13.7 Å². The van der Waals surface area contributed by atoms with Crippen LogP contribution in [0.5, 0.6) is 5.75 Å². The molecule has 0 radical (unpaired) electrons. The highest BCUT2D eigenvalue weighted by atomic mass is 79.9. The van der Waals surface area contributed by atoms with Crippen molar-refractivity contribution in [1.82, 2.24) is 0 Å². The smallest absolute Gasteiger partial charge is 0.339 e. The van der Waals surface area contributed by atoms with Gasteiger partial charge in [0.2, 0.25) is 0 Å². The van der Waals surface area contributed by atoms with E-state index in [4.69, 9.17) is 4.18 Å². The van der Waals surface area contributed by atoms with Crippen LogP contribution in [0.15, 0.2) is 87.7 Å². The molecule has 0 saturated heterocycles. The van der Waals surface area contributed by atoms with Crippen LogP contribution in [-0.4, -0.2) is 27.4 Å². The zero-order chi connectivity index (χ0) is 24.7. The number of nitriles is 1. The van der Waals surface area contributed by atoms with E-state index >= 15 is 0 Å². The first-order valence-electron chi connectivity index (χ1n) is 9.64. The molecule has 1 N–H and O–H groups in total. The number of amides is 1. The molecular formula is C24H17BrN2O6S. The van der Waals surface area contributed by atoms with Gasteiger partial charge < -0.3 is 14.2 Å². The lowest BCUT2D eigenvalue weighted by atomic mass is 10.1. The predicted molar refractivity (Wildman–Crippen MR) is 128 cm³/mol. The Labute approximate surface area is 204 Å². The number of nitrogens with one attached hydrogen (secondary N) is 1. The number of nitrogens with zero attached hydrogens (tertiary/aromatic N) is 1. The molecule has 3 aromatic rings. The van der Waals surface area contributed by atoms with E-state index in [1.54, 1.807) is 30.3 Å². The van der Waals surface area contributed by atoms with Gasteiger partial charge in [-0.1, -0.05) is 34.1 Å². The van der Waals surface area contributed by atoms with Gasteiger partial charge in [0.1, 0.15) is 22.3 Å². The van der Waals surface area contributed by atoms with Crippen LogP contribution < -0.4 is 9.50 Å². The monoisotopic (exact) mass is 540 g/mol. The first-order valence-corrected chi connectivity index (χ1v) is 11.8. The highest BCUT2D eigenvalue weighted by molar-refractivity contribution is 9.10. The second kappa shape index (κ2) is 10.8. The number of esters is 1. The summed E-state index contributed by atoms with van der Waals surface area (Å²) in [6.45, 7) is 0. The molecule has 0 saturated carbocycles. The number of anilines is 1. The van der Waals surface area contributed by atoms with Crippen LogP contribution in [0.2, 0.25) is 0 Å². The predicted octanol–water partition coefficient (Wildman–Crippen LogP) is 4.55. The topological polar surface area (TPSA) is 123 Å². The van der Waals surface area contributed by atoms with Crippen LogP contribution in [0.25, 0.3) is 6.08 Å². The van der Waals surface area contributed by atoms with E-state index in [1.807, 2.05) is 0 Å². The maximum absolute atomic E-state index is 12.7. The van der Waals surface area contributed by atoms with E-state index < -0.39 is 22.0 Å². The van der Waals surface area contributed by atoms with Crippen molar-refractivity contribution >= 4 is 49.7 Å². The SMILES string of the molecule is COC(=O)c1ccc(NC(=O)/C(C#N)=C/c2cc(Br)ccc2OS(=O)(=O)c2ccccc2)cc1. The average molecular weight is 541 g/mol. The molecule has 0 heterocycles. The molecule has 0 spiro atoms. The average Bonchev–Trinajstić information content (AvgIpc) is 2.84. The Morgan fingerprint density at radius 3 is 2.32 bits per heavy atom. The van der Waals surface area contributed by atoms with Crippen LogP contribution in [0.1, 0.15) is 15.9 Å². The molecule has 0 aliphatic carbocycles. The fourth-order valence-corrected chi connectivity index (χ4v) is 4.13. The first kappa shape index (κ1) is 24.7. The number of ether oxygens (including phenoxy) is 1. The van der Waals surface area contributed by atoms with Crippen LogP contribution in [-0.2, 0) is 19.6 Å². The van der Waals surface area contributed by atoms with Crippen molar-refractivity contribution in [2.24, 2.45) is 0 Å². The molecule has 8 nitrogen and oxygen atoms in total. The van der Waals surface area contributed by atoms with Crippen LogP contribution in [0.3, 0.4) is 0 Å². The Morgan fingerprint density at radius 1 is 1.03 bits per heavy atom. The quantitative estimate of drug-likeness (QED) is 0.202. The summed E-state index contributed by atoms with van der Waals surface area (Å²) in [5.74, 6) is -1.32. The zero-order valence-corrected chi connectivity index (χ0v) is 20.1. The molecule has 1 amide bonds. The molecule has 3 rings (SSSR count). The maximum atomic E-state index is 12.7. The lowest BCUT2D eigenvalue weighted by Crippen LogP contribution is -2.14. The minimum Gasteiger partial charge on any atom is -0.465 e. The fourth-order valence-electron chi connectivity index (χ4n) is 2.77. The molecule has 0 unspecified atom stereocenters. The van der Waals surface area contributed by atoms with Crippen molar-refractivity contribution in [2.75, 3.05) is 12.4 Å². The minimum absolute atomic E-state index is 0.0403. The van der Waals surface area contributed by atoms with E-state index in [-0.39, 0.29) is 21.8 Å². The third-order valence-corrected chi connectivity index (χ3v) is 6.17. The number of benzene rings is 3. The number of halogens is 1. The van der Waals surface area contributed by atoms with Gasteiger partial charge in [-0.25, -0.2) is 4.79 Å². The summed E-state index contributed by atoms with van der Waals surface area (Å²) in [6.07, 6.45) is 1.22. The summed E-state index contributed by atoms with van der Waals surface area (Å²) >= 11 is 3.29. The summed E-state index contributed by atoms with van der Waals surface area (Å²) in [5, 5.41) is 12.1. The Morgan fingerprint density at radius 2 is 1.71 bits per heavy atom. The minimum atomic E-state index is -4.14. The molecule has 3 aromatic carbocycles. The van der Waals surface area contributed by atoms with E-state index in [0.717, 1.165) is 0 Å². The number of carbonyl (C=O) groups excluding carboxylic acids is 2. The van der Waals surface area contributed by atoms with E-state index in [1.165, 1.54) is 61.7 Å². The Bertz CT molecular complexity index is 1400. The summed E-state index contributed by atoms with van der Waals surface area (Å²) in [6, 6.07) is 19.8. The van der Waals surface area contributed by atoms with Crippen LogP contribution in [0.4, 0.5) is 5.69 Å². The Balaban J connectivity index is 1.88.